The first-order valence-electron chi connectivity index (χ1n) is 11.9. The van der Waals surface area contributed by atoms with Crippen molar-refractivity contribution < 1.29 is 18.7 Å². The second-order valence-electron chi connectivity index (χ2n) is 8.51. The number of hydrogen-bond acceptors (Lipinski definition) is 5. The summed E-state index contributed by atoms with van der Waals surface area (Å²) in [7, 11) is 0. The number of anilines is 2. The lowest BCUT2D eigenvalue weighted by Gasteiger charge is -2.35. The highest BCUT2D eigenvalue weighted by Crippen LogP contribution is 2.27. The van der Waals surface area contributed by atoms with Crippen LogP contribution in [0.2, 0.25) is 5.02 Å². The standard InChI is InChI=1S/C28H26ClN3O4/c1-2-35-25-12-7-20(17-23(25)29)27(33)30-21-8-10-22(11-9-21)31-13-15-32(16-14-31)28(34)26-18-19-5-3-4-6-24(19)36-26/h3-12,17-18H,2,13-16H2,1H3,(H,30,33). The van der Waals surface area contributed by atoms with Crippen molar-refractivity contribution in [3.63, 3.8) is 0 Å². The summed E-state index contributed by atoms with van der Waals surface area (Å²) in [6.07, 6.45) is 0. The number of carbonyl (C=O) groups is 2. The van der Waals surface area contributed by atoms with Crippen molar-refractivity contribution in [2.45, 2.75) is 6.92 Å². The molecule has 2 amide bonds. The fourth-order valence-electron chi connectivity index (χ4n) is 4.28. The summed E-state index contributed by atoms with van der Waals surface area (Å²) >= 11 is 6.20. The number of hydrogen-bond donors (Lipinski definition) is 1. The molecule has 0 saturated carbocycles. The molecule has 1 aliphatic heterocycles. The molecule has 5 rings (SSSR count). The number of ether oxygens (including phenoxy) is 1. The van der Waals surface area contributed by atoms with Crippen LogP contribution in [0, 0.1) is 0 Å². The smallest absolute Gasteiger partial charge is 0.289 e. The zero-order chi connectivity index (χ0) is 25.1. The number of amides is 2. The second-order valence-corrected chi connectivity index (χ2v) is 8.91. The van der Waals surface area contributed by atoms with Crippen molar-refractivity contribution in [2.24, 2.45) is 0 Å². The van der Waals surface area contributed by atoms with E-state index in [1.807, 2.05) is 60.4 Å². The van der Waals surface area contributed by atoms with Crippen LogP contribution in [-0.2, 0) is 0 Å². The number of halogens is 1. The van der Waals surface area contributed by atoms with Crippen molar-refractivity contribution in [1.29, 1.82) is 0 Å². The van der Waals surface area contributed by atoms with Gasteiger partial charge in [-0.15, -0.1) is 0 Å². The molecular formula is C28H26ClN3O4. The van der Waals surface area contributed by atoms with Crippen LogP contribution in [0.4, 0.5) is 11.4 Å². The zero-order valence-electron chi connectivity index (χ0n) is 19.9. The van der Waals surface area contributed by atoms with Gasteiger partial charge in [0, 0.05) is 48.5 Å². The molecule has 7 nitrogen and oxygen atoms in total. The summed E-state index contributed by atoms with van der Waals surface area (Å²) in [6, 6.07) is 22.1. The third-order valence-electron chi connectivity index (χ3n) is 6.19. The third-order valence-corrected chi connectivity index (χ3v) is 6.48. The van der Waals surface area contributed by atoms with Gasteiger partial charge < -0.3 is 24.3 Å². The van der Waals surface area contributed by atoms with E-state index in [4.69, 9.17) is 20.8 Å². The normalized spacial score (nSPS) is 13.6. The summed E-state index contributed by atoms with van der Waals surface area (Å²) in [5.74, 6) is 0.599. The molecule has 3 aromatic carbocycles. The van der Waals surface area contributed by atoms with Crippen LogP contribution in [0.25, 0.3) is 11.0 Å². The molecule has 1 aromatic heterocycles. The molecule has 0 radical (unpaired) electrons. The molecule has 36 heavy (non-hydrogen) atoms. The SMILES string of the molecule is CCOc1ccc(C(=O)Nc2ccc(N3CCN(C(=O)c4cc5ccccc5o4)CC3)cc2)cc1Cl. The van der Waals surface area contributed by atoms with Gasteiger partial charge in [0.15, 0.2) is 5.76 Å². The Balaban J connectivity index is 1.17. The Hall–Kier alpha value is -3.97. The number of para-hydroxylation sites is 1. The Labute approximate surface area is 214 Å². The number of fused-ring (bicyclic) bond motifs is 1. The summed E-state index contributed by atoms with van der Waals surface area (Å²) in [5, 5.41) is 4.23. The van der Waals surface area contributed by atoms with Gasteiger partial charge in [-0.25, -0.2) is 0 Å². The topological polar surface area (TPSA) is 75.0 Å². The van der Waals surface area contributed by atoms with E-state index in [1.54, 1.807) is 24.3 Å². The second kappa shape index (κ2) is 10.3. The summed E-state index contributed by atoms with van der Waals surface area (Å²) < 4.78 is 11.2. The van der Waals surface area contributed by atoms with Crippen LogP contribution in [0.15, 0.2) is 77.2 Å². The summed E-state index contributed by atoms with van der Waals surface area (Å²) in [5.41, 5.74) is 2.90. The average Bonchev–Trinajstić information content (AvgIpc) is 3.34. The lowest BCUT2D eigenvalue weighted by molar-refractivity contribution is 0.0717. The number of nitrogens with zero attached hydrogens (tertiary/aromatic N) is 2. The van der Waals surface area contributed by atoms with Gasteiger partial charge in [-0.2, -0.15) is 0 Å². The molecule has 8 heteroatoms. The molecule has 1 N–H and O–H groups in total. The highest BCUT2D eigenvalue weighted by atomic mass is 35.5. The summed E-state index contributed by atoms with van der Waals surface area (Å²) in [4.78, 5) is 29.6. The van der Waals surface area contributed by atoms with Gasteiger partial charge in [0.1, 0.15) is 11.3 Å². The maximum Gasteiger partial charge on any atom is 0.289 e. The van der Waals surface area contributed by atoms with Gasteiger partial charge in [0.25, 0.3) is 11.8 Å². The first-order chi connectivity index (χ1) is 17.5. The number of carbonyl (C=O) groups excluding carboxylic acids is 2. The van der Waals surface area contributed by atoms with Gasteiger partial charge in [0.2, 0.25) is 0 Å². The fraction of sp³-hybridized carbons (Fsp3) is 0.214. The monoisotopic (exact) mass is 503 g/mol. The van der Waals surface area contributed by atoms with Crippen molar-refractivity contribution in [3.05, 3.63) is 89.1 Å². The maximum absolute atomic E-state index is 12.9. The quantitative estimate of drug-likeness (QED) is 0.365. The minimum absolute atomic E-state index is 0.0849. The molecule has 0 aliphatic carbocycles. The number of benzene rings is 3. The van der Waals surface area contributed by atoms with Crippen molar-refractivity contribution >= 4 is 45.8 Å². The Morgan fingerprint density at radius 2 is 1.72 bits per heavy atom. The number of nitrogens with one attached hydrogen (secondary N) is 1. The van der Waals surface area contributed by atoms with E-state index in [1.165, 1.54) is 0 Å². The molecule has 4 aromatic rings. The molecule has 0 spiro atoms. The molecule has 184 valence electrons. The van der Waals surface area contributed by atoms with E-state index in [2.05, 4.69) is 10.2 Å². The highest BCUT2D eigenvalue weighted by Gasteiger charge is 2.24. The first-order valence-corrected chi connectivity index (χ1v) is 12.3. The van der Waals surface area contributed by atoms with E-state index in [9.17, 15) is 9.59 Å². The Kier molecular flexibility index (Phi) is 6.82. The van der Waals surface area contributed by atoms with E-state index in [-0.39, 0.29) is 11.8 Å². The van der Waals surface area contributed by atoms with Gasteiger partial charge in [0.05, 0.1) is 11.6 Å². The summed E-state index contributed by atoms with van der Waals surface area (Å²) in [6.45, 7) is 5.01. The molecule has 0 bridgehead atoms. The Morgan fingerprint density at radius 1 is 0.972 bits per heavy atom. The van der Waals surface area contributed by atoms with Gasteiger partial charge in [-0.05, 0) is 61.5 Å². The molecule has 1 fully saturated rings. The first kappa shape index (κ1) is 23.8. The molecule has 2 heterocycles. The van der Waals surface area contributed by atoms with Crippen LogP contribution in [0.5, 0.6) is 5.75 Å². The molecule has 0 unspecified atom stereocenters. The average molecular weight is 504 g/mol. The van der Waals surface area contributed by atoms with Crippen LogP contribution < -0.4 is 15.0 Å². The van der Waals surface area contributed by atoms with Gasteiger partial charge in [-0.1, -0.05) is 29.8 Å². The van der Waals surface area contributed by atoms with E-state index in [0.29, 0.717) is 60.6 Å². The highest BCUT2D eigenvalue weighted by molar-refractivity contribution is 6.32. The lowest BCUT2D eigenvalue weighted by atomic mass is 10.2. The zero-order valence-corrected chi connectivity index (χ0v) is 20.6. The predicted molar refractivity (Wildman–Crippen MR) is 141 cm³/mol. The van der Waals surface area contributed by atoms with Crippen LogP contribution in [0.1, 0.15) is 27.8 Å². The van der Waals surface area contributed by atoms with Crippen LogP contribution in [0.3, 0.4) is 0 Å². The van der Waals surface area contributed by atoms with Crippen LogP contribution >= 0.6 is 11.6 Å². The van der Waals surface area contributed by atoms with E-state index >= 15 is 0 Å². The third kappa shape index (κ3) is 5.02. The molecule has 1 aliphatic rings. The van der Waals surface area contributed by atoms with Gasteiger partial charge in [-0.3, -0.25) is 9.59 Å². The molecule has 1 saturated heterocycles. The van der Waals surface area contributed by atoms with Crippen molar-refractivity contribution in [3.8, 4) is 5.75 Å². The molecular weight excluding hydrogens is 478 g/mol. The predicted octanol–water partition coefficient (Wildman–Crippen LogP) is 5.70. The van der Waals surface area contributed by atoms with Crippen molar-refractivity contribution in [1.82, 2.24) is 4.90 Å². The van der Waals surface area contributed by atoms with E-state index in [0.717, 1.165) is 16.7 Å². The lowest BCUT2D eigenvalue weighted by Crippen LogP contribution is -2.48. The van der Waals surface area contributed by atoms with Crippen LogP contribution in [-0.4, -0.2) is 49.5 Å². The van der Waals surface area contributed by atoms with Crippen molar-refractivity contribution in [2.75, 3.05) is 43.0 Å². The fourth-order valence-corrected chi connectivity index (χ4v) is 4.52. The minimum atomic E-state index is -0.245. The maximum atomic E-state index is 12.9. The number of rotatable bonds is 6. The largest absolute Gasteiger partial charge is 0.492 e. The number of furan rings is 1. The Bertz CT molecular complexity index is 1360. The Morgan fingerprint density at radius 3 is 2.42 bits per heavy atom. The number of piperazine rings is 1. The molecule has 0 atom stereocenters. The minimum Gasteiger partial charge on any atom is -0.492 e. The van der Waals surface area contributed by atoms with Gasteiger partial charge >= 0.3 is 0 Å². The van der Waals surface area contributed by atoms with E-state index < -0.39 is 0 Å².